The Morgan fingerprint density at radius 2 is 1.71 bits per heavy atom. The molecule has 2 heterocycles. The minimum absolute atomic E-state index is 0.0231. The number of likely N-dealkylation sites (tertiary alicyclic amines) is 1. The summed E-state index contributed by atoms with van der Waals surface area (Å²) in [5.41, 5.74) is -6.55. The van der Waals surface area contributed by atoms with Gasteiger partial charge in [-0.15, -0.1) is 0 Å². The smallest absolute Gasteiger partial charge is 0.430 e. The highest BCUT2D eigenvalue weighted by Gasteiger charge is 2.71. The molecule has 1 spiro atoms. The Morgan fingerprint density at radius 1 is 1.13 bits per heavy atom. The predicted octanol–water partition coefficient (Wildman–Crippen LogP) is 2.91. The number of rotatable bonds is 6. The van der Waals surface area contributed by atoms with Gasteiger partial charge in [-0.05, 0) is 44.4 Å². The molecule has 180 valence electrons. The summed E-state index contributed by atoms with van der Waals surface area (Å²) >= 11 is 0. The number of carboxylic acid groups (broad SMARTS) is 1. The Bertz CT molecular complexity index is 782. The van der Waals surface area contributed by atoms with Gasteiger partial charge in [0.2, 0.25) is 10.0 Å². The van der Waals surface area contributed by atoms with Gasteiger partial charge in [-0.1, -0.05) is 0 Å². The summed E-state index contributed by atoms with van der Waals surface area (Å²) in [5, 5.41) is 9.03. The first-order valence-electron chi connectivity index (χ1n) is 9.89. The monoisotopic (exact) mass is 482 g/mol. The normalized spacial score (nSPS) is 29.2. The Kier molecular flexibility index (Phi) is 6.48. The van der Waals surface area contributed by atoms with Crippen LogP contribution in [0.1, 0.15) is 38.5 Å². The molecule has 0 radical (unpaired) electrons. The van der Waals surface area contributed by atoms with Crippen LogP contribution in [0.5, 0.6) is 0 Å². The van der Waals surface area contributed by atoms with E-state index in [9.17, 15) is 35.2 Å². The molecule has 3 aliphatic rings. The van der Waals surface area contributed by atoms with Crippen LogP contribution in [0.25, 0.3) is 0 Å². The highest BCUT2D eigenvalue weighted by Crippen LogP contribution is 2.49. The highest BCUT2D eigenvalue weighted by molar-refractivity contribution is 7.89. The molecule has 0 aromatic heterocycles. The lowest BCUT2D eigenvalue weighted by atomic mass is 9.78. The fourth-order valence-electron chi connectivity index (χ4n) is 4.24. The van der Waals surface area contributed by atoms with E-state index in [1.165, 1.54) is 0 Å². The molecule has 3 fully saturated rings. The fraction of sp³-hybridized carbons (Fsp3) is 0.941. The van der Waals surface area contributed by atoms with Gasteiger partial charge in [-0.25, -0.2) is 31.1 Å². The lowest BCUT2D eigenvalue weighted by molar-refractivity contribution is -0.327. The van der Waals surface area contributed by atoms with Gasteiger partial charge in [0.05, 0.1) is 17.4 Å². The van der Waals surface area contributed by atoms with E-state index in [0.717, 1.165) is 4.90 Å². The summed E-state index contributed by atoms with van der Waals surface area (Å²) in [5.74, 6) is -0.547. The Labute approximate surface area is 175 Å². The zero-order valence-electron chi connectivity index (χ0n) is 16.4. The number of hydrogen-bond acceptors (Lipinski definition) is 4. The third-order valence-electron chi connectivity index (χ3n) is 6.25. The largest absolute Gasteiger partial charge is 0.465 e. The summed E-state index contributed by atoms with van der Waals surface area (Å²) in [6, 6.07) is -1.84. The first-order chi connectivity index (χ1) is 14.2. The maximum absolute atomic E-state index is 15.0. The summed E-state index contributed by atoms with van der Waals surface area (Å²) in [4.78, 5) is 12.1. The molecule has 3 unspecified atom stereocenters. The van der Waals surface area contributed by atoms with Gasteiger partial charge in [0.15, 0.2) is 0 Å². The van der Waals surface area contributed by atoms with Crippen molar-refractivity contribution in [2.75, 3.05) is 18.8 Å². The average Bonchev–Trinajstić information content (AvgIpc) is 3.45. The van der Waals surface area contributed by atoms with Crippen LogP contribution in [-0.4, -0.2) is 79.4 Å². The van der Waals surface area contributed by atoms with Gasteiger partial charge in [0.1, 0.15) is 6.10 Å². The number of nitrogens with one attached hydrogen (secondary N) is 1. The van der Waals surface area contributed by atoms with Gasteiger partial charge < -0.3 is 14.7 Å². The van der Waals surface area contributed by atoms with Crippen molar-refractivity contribution in [3.8, 4) is 0 Å². The van der Waals surface area contributed by atoms with Gasteiger partial charge in [-0.2, -0.15) is 13.2 Å². The van der Waals surface area contributed by atoms with Crippen LogP contribution in [0, 0.1) is 5.92 Å². The van der Waals surface area contributed by atoms with Crippen molar-refractivity contribution in [2.45, 2.75) is 74.5 Å². The minimum Gasteiger partial charge on any atom is -0.465 e. The molecule has 1 amide bonds. The quantitative estimate of drug-likeness (QED) is 0.568. The van der Waals surface area contributed by atoms with E-state index in [2.05, 4.69) is 0 Å². The van der Waals surface area contributed by atoms with Crippen LogP contribution < -0.4 is 4.72 Å². The van der Waals surface area contributed by atoms with Crippen molar-refractivity contribution in [3.63, 3.8) is 0 Å². The van der Waals surface area contributed by atoms with E-state index in [0.29, 0.717) is 12.8 Å². The Balaban J connectivity index is 1.88. The zero-order valence-corrected chi connectivity index (χ0v) is 17.2. The van der Waals surface area contributed by atoms with Crippen LogP contribution in [0.4, 0.5) is 31.1 Å². The molecule has 0 aromatic carbocycles. The molecule has 31 heavy (non-hydrogen) atoms. The maximum Gasteiger partial charge on any atom is 0.430 e. The lowest BCUT2D eigenvalue weighted by Crippen LogP contribution is -2.69. The number of amides is 1. The molecular weight excluding hydrogens is 458 g/mol. The number of alkyl halides is 6. The van der Waals surface area contributed by atoms with Crippen molar-refractivity contribution >= 4 is 16.1 Å². The molecule has 0 aromatic rings. The Morgan fingerprint density at radius 3 is 2.16 bits per heavy atom. The van der Waals surface area contributed by atoms with Crippen molar-refractivity contribution in [1.29, 1.82) is 0 Å². The van der Waals surface area contributed by atoms with E-state index in [1.807, 2.05) is 4.72 Å². The van der Waals surface area contributed by atoms with E-state index >= 15 is 4.39 Å². The number of ether oxygens (including phenoxy) is 1. The van der Waals surface area contributed by atoms with Crippen molar-refractivity contribution in [3.05, 3.63) is 0 Å². The minimum atomic E-state index is -6.02. The third-order valence-corrected chi connectivity index (χ3v) is 7.82. The first kappa shape index (κ1) is 24.4. The molecule has 0 bridgehead atoms. The molecular formula is C17H24F6N2O5S. The van der Waals surface area contributed by atoms with Crippen LogP contribution in [0.2, 0.25) is 0 Å². The van der Waals surface area contributed by atoms with E-state index in [4.69, 9.17) is 9.84 Å². The molecule has 1 aliphatic carbocycles. The second-order valence-electron chi connectivity index (χ2n) is 8.55. The molecule has 3 rings (SSSR count). The second-order valence-corrected chi connectivity index (χ2v) is 10.3. The summed E-state index contributed by atoms with van der Waals surface area (Å²) in [6.45, 7) is -0.250. The molecule has 7 nitrogen and oxygen atoms in total. The Hall–Kier alpha value is -1.28. The standard InChI is InChI=1S/C17H24F6N2O5S/c18-13(19)16(20,17(21,22)23)12-11(24-31(28,29)9-10-1-2-10)3-4-15(30-12)5-7-25(8-6-15)14(26)27/h10-13,24H,1-9H2,(H,26,27). The van der Waals surface area contributed by atoms with Crippen LogP contribution in [0.15, 0.2) is 0 Å². The average molecular weight is 482 g/mol. The van der Waals surface area contributed by atoms with Gasteiger partial charge >= 0.3 is 12.3 Å². The van der Waals surface area contributed by atoms with Gasteiger partial charge in [-0.3, -0.25) is 0 Å². The van der Waals surface area contributed by atoms with E-state index in [1.54, 1.807) is 0 Å². The van der Waals surface area contributed by atoms with E-state index < -0.39 is 52.1 Å². The maximum atomic E-state index is 15.0. The molecule has 14 heteroatoms. The number of sulfonamides is 1. The van der Waals surface area contributed by atoms with Gasteiger partial charge in [0.25, 0.3) is 12.1 Å². The molecule has 2 saturated heterocycles. The molecule has 3 atom stereocenters. The topological polar surface area (TPSA) is 95.9 Å². The SMILES string of the molecule is O=C(O)N1CCC2(CCC(NS(=O)(=O)CC3CC3)C(C(F)(C(F)F)C(F)(F)F)O2)CC1. The van der Waals surface area contributed by atoms with Crippen LogP contribution in [-0.2, 0) is 14.8 Å². The van der Waals surface area contributed by atoms with Gasteiger partial charge in [0, 0.05) is 13.1 Å². The zero-order chi connectivity index (χ0) is 23.2. The number of halogens is 6. The molecule has 2 aliphatic heterocycles. The fourth-order valence-corrected chi connectivity index (χ4v) is 5.99. The molecule has 1 saturated carbocycles. The lowest BCUT2D eigenvalue weighted by Gasteiger charge is -2.51. The second kappa shape index (κ2) is 8.25. The van der Waals surface area contributed by atoms with Crippen molar-refractivity contribution in [1.82, 2.24) is 9.62 Å². The van der Waals surface area contributed by atoms with Crippen molar-refractivity contribution < 1.29 is 49.4 Å². The summed E-state index contributed by atoms with van der Waals surface area (Å²) in [6.07, 6.45) is -14.0. The third kappa shape index (κ3) is 5.05. The predicted molar refractivity (Wildman–Crippen MR) is 95.0 cm³/mol. The van der Waals surface area contributed by atoms with Crippen LogP contribution in [0.3, 0.4) is 0 Å². The summed E-state index contributed by atoms with van der Waals surface area (Å²) < 4.78 is 114. The van der Waals surface area contributed by atoms with Crippen LogP contribution >= 0.6 is 0 Å². The number of hydrogen-bond donors (Lipinski definition) is 2. The number of piperidine rings is 1. The summed E-state index contributed by atoms with van der Waals surface area (Å²) in [7, 11) is -4.14. The van der Waals surface area contributed by atoms with Crippen molar-refractivity contribution in [2.24, 2.45) is 5.92 Å². The molecule has 2 N–H and O–H groups in total. The first-order valence-corrected chi connectivity index (χ1v) is 11.5. The van der Waals surface area contributed by atoms with E-state index in [-0.39, 0.29) is 50.4 Å². The number of carbonyl (C=O) groups is 1. The highest BCUT2D eigenvalue weighted by atomic mass is 32.2. The number of nitrogens with zero attached hydrogens (tertiary/aromatic N) is 1.